The minimum absolute atomic E-state index is 0.0287. The Morgan fingerprint density at radius 1 is 1.50 bits per heavy atom. The highest BCUT2D eigenvalue weighted by molar-refractivity contribution is 6.06. The minimum Gasteiger partial charge on any atom is -0.287 e. The molecule has 2 heteroatoms. The Labute approximate surface area is 84.7 Å². The number of aromatic nitrogens is 1. The number of allylic oxidation sites excluding steroid dienone is 1. The van der Waals surface area contributed by atoms with E-state index in [4.69, 9.17) is 0 Å². The molecule has 0 spiro atoms. The molecule has 0 bridgehead atoms. The first-order chi connectivity index (χ1) is 6.75. The molecule has 0 unspecified atom stereocenters. The number of rotatable bonds is 5. The van der Waals surface area contributed by atoms with Crippen molar-refractivity contribution >= 4 is 5.78 Å². The molecule has 0 aliphatic rings. The molecule has 1 aromatic rings. The van der Waals surface area contributed by atoms with Gasteiger partial charge in [0.25, 0.3) is 0 Å². The number of carbonyl (C=O) groups is 1. The summed E-state index contributed by atoms with van der Waals surface area (Å²) in [5, 5.41) is 0. The molecule has 0 atom stereocenters. The summed E-state index contributed by atoms with van der Waals surface area (Å²) in [5.41, 5.74) is 1.15. The fourth-order valence-corrected chi connectivity index (χ4v) is 1.18. The molecule has 1 heterocycles. The van der Waals surface area contributed by atoms with Crippen LogP contribution in [0, 0.1) is 0 Å². The summed E-state index contributed by atoms with van der Waals surface area (Å²) in [7, 11) is 0. The highest BCUT2D eigenvalue weighted by Crippen LogP contribution is 2.10. The fourth-order valence-electron chi connectivity index (χ4n) is 1.18. The van der Waals surface area contributed by atoms with Gasteiger partial charge in [-0.05, 0) is 30.5 Å². The van der Waals surface area contributed by atoms with Crippen LogP contribution in [0.5, 0.6) is 0 Å². The summed E-state index contributed by atoms with van der Waals surface area (Å²) >= 11 is 0. The van der Waals surface area contributed by atoms with Gasteiger partial charge in [0.05, 0.1) is 0 Å². The second-order valence-corrected chi connectivity index (χ2v) is 3.25. The lowest BCUT2D eigenvalue weighted by Gasteiger charge is -2.02. The molecule has 1 rings (SSSR count). The van der Waals surface area contributed by atoms with Crippen LogP contribution in [0.15, 0.2) is 36.5 Å². The first kappa shape index (κ1) is 10.6. The van der Waals surface area contributed by atoms with Gasteiger partial charge in [0, 0.05) is 6.20 Å². The van der Waals surface area contributed by atoms with E-state index in [2.05, 4.69) is 18.5 Å². The first-order valence-electron chi connectivity index (χ1n) is 4.89. The number of Topliss-reactive ketones (excluding diaryl/α,β-unsaturated/α-hetero) is 1. The average molecular weight is 189 g/mol. The number of hydrogen-bond acceptors (Lipinski definition) is 2. The third kappa shape index (κ3) is 2.80. The molecule has 0 N–H and O–H groups in total. The zero-order chi connectivity index (χ0) is 10.4. The van der Waals surface area contributed by atoms with E-state index in [0.717, 1.165) is 19.3 Å². The Morgan fingerprint density at radius 3 is 2.86 bits per heavy atom. The molecule has 2 nitrogen and oxygen atoms in total. The summed E-state index contributed by atoms with van der Waals surface area (Å²) in [6.45, 7) is 5.87. The minimum atomic E-state index is -0.0287. The van der Waals surface area contributed by atoms with Gasteiger partial charge in [0.15, 0.2) is 0 Å². The number of carbonyl (C=O) groups excluding carboxylic acids is 1. The van der Waals surface area contributed by atoms with Crippen molar-refractivity contribution in [2.24, 2.45) is 0 Å². The number of nitrogens with zero attached hydrogens (tertiary/aromatic N) is 1. The molecule has 14 heavy (non-hydrogen) atoms. The maximum Gasteiger partial charge on any atom is 0.206 e. The van der Waals surface area contributed by atoms with Crippen molar-refractivity contribution in [3.8, 4) is 0 Å². The quantitative estimate of drug-likeness (QED) is 0.526. The van der Waals surface area contributed by atoms with Gasteiger partial charge in [-0.15, -0.1) is 0 Å². The molecule has 0 fully saturated rings. The number of hydrogen-bond donors (Lipinski definition) is 0. The van der Waals surface area contributed by atoms with Gasteiger partial charge < -0.3 is 0 Å². The predicted molar refractivity (Wildman–Crippen MR) is 57.2 cm³/mol. The van der Waals surface area contributed by atoms with Crippen molar-refractivity contribution in [3.63, 3.8) is 0 Å². The van der Waals surface area contributed by atoms with Crippen molar-refractivity contribution in [2.75, 3.05) is 0 Å². The summed E-state index contributed by atoms with van der Waals surface area (Å²) in [6, 6.07) is 5.33. The van der Waals surface area contributed by atoms with E-state index in [-0.39, 0.29) is 5.78 Å². The molecule has 0 amide bonds. The van der Waals surface area contributed by atoms with E-state index in [1.54, 1.807) is 18.3 Å². The molecule has 0 radical (unpaired) electrons. The van der Waals surface area contributed by atoms with Crippen LogP contribution in [0.4, 0.5) is 0 Å². The van der Waals surface area contributed by atoms with Crippen molar-refractivity contribution in [3.05, 3.63) is 42.2 Å². The molecule has 0 aromatic carbocycles. The lowest BCUT2D eigenvalue weighted by Crippen LogP contribution is -2.04. The van der Waals surface area contributed by atoms with Crippen LogP contribution in [-0.4, -0.2) is 10.8 Å². The summed E-state index contributed by atoms with van der Waals surface area (Å²) < 4.78 is 0. The Morgan fingerprint density at radius 2 is 2.29 bits per heavy atom. The van der Waals surface area contributed by atoms with Crippen molar-refractivity contribution in [1.29, 1.82) is 0 Å². The molecule has 1 aromatic heterocycles. The maximum absolute atomic E-state index is 11.7. The van der Waals surface area contributed by atoms with Crippen molar-refractivity contribution < 1.29 is 4.79 Å². The zero-order valence-electron chi connectivity index (χ0n) is 8.49. The van der Waals surface area contributed by atoms with Gasteiger partial charge in [-0.25, -0.2) is 0 Å². The summed E-state index contributed by atoms with van der Waals surface area (Å²) in [4.78, 5) is 15.7. The van der Waals surface area contributed by atoms with Gasteiger partial charge in [-0.3, -0.25) is 9.78 Å². The van der Waals surface area contributed by atoms with Crippen LogP contribution < -0.4 is 0 Å². The fraction of sp³-hybridized carbons (Fsp3) is 0.333. The van der Waals surface area contributed by atoms with E-state index < -0.39 is 0 Å². The highest BCUT2D eigenvalue weighted by Gasteiger charge is 2.09. The standard InChI is InChI=1S/C12H15NO/c1-3-4-7-10(2)12(14)11-8-5-6-9-13-11/h5-6,8-9H,2-4,7H2,1H3. The zero-order valence-corrected chi connectivity index (χ0v) is 8.49. The van der Waals surface area contributed by atoms with Crippen LogP contribution >= 0.6 is 0 Å². The van der Waals surface area contributed by atoms with Gasteiger partial charge in [0.1, 0.15) is 5.69 Å². The third-order valence-electron chi connectivity index (χ3n) is 2.05. The number of unbranched alkanes of at least 4 members (excludes halogenated alkanes) is 1. The molecule has 74 valence electrons. The van der Waals surface area contributed by atoms with Gasteiger partial charge in [0.2, 0.25) is 5.78 Å². The van der Waals surface area contributed by atoms with E-state index in [1.807, 2.05) is 6.07 Å². The Balaban J connectivity index is 2.62. The van der Waals surface area contributed by atoms with Gasteiger partial charge in [-0.2, -0.15) is 0 Å². The molecular weight excluding hydrogens is 174 g/mol. The lowest BCUT2D eigenvalue weighted by atomic mass is 10.0. The summed E-state index contributed by atoms with van der Waals surface area (Å²) in [6.07, 6.45) is 4.48. The highest BCUT2D eigenvalue weighted by atomic mass is 16.1. The van der Waals surface area contributed by atoms with Crippen LogP contribution in [0.3, 0.4) is 0 Å². The Kier molecular flexibility index (Phi) is 4.05. The van der Waals surface area contributed by atoms with Gasteiger partial charge in [-0.1, -0.05) is 26.0 Å². The Bertz CT molecular complexity index is 316. The topological polar surface area (TPSA) is 30.0 Å². The lowest BCUT2D eigenvalue weighted by molar-refractivity contribution is 0.102. The van der Waals surface area contributed by atoms with E-state index >= 15 is 0 Å². The Hall–Kier alpha value is -1.44. The predicted octanol–water partition coefficient (Wildman–Crippen LogP) is 3.01. The maximum atomic E-state index is 11.7. The first-order valence-corrected chi connectivity index (χ1v) is 4.89. The van der Waals surface area contributed by atoms with E-state index in [9.17, 15) is 4.79 Å². The van der Waals surface area contributed by atoms with Crippen LogP contribution in [-0.2, 0) is 0 Å². The molecule has 0 aliphatic heterocycles. The van der Waals surface area contributed by atoms with Crippen LogP contribution in [0.1, 0.15) is 36.7 Å². The largest absolute Gasteiger partial charge is 0.287 e. The van der Waals surface area contributed by atoms with Crippen LogP contribution in [0.2, 0.25) is 0 Å². The van der Waals surface area contributed by atoms with Crippen molar-refractivity contribution in [1.82, 2.24) is 4.98 Å². The summed E-state index contributed by atoms with van der Waals surface area (Å²) in [5.74, 6) is -0.0287. The number of ketones is 1. The van der Waals surface area contributed by atoms with Crippen LogP contribution in [0.25, 0.3) is 0 Å². The SMILES string of the molecule is C=C(CCCC)C(=O)c1ccccn1. The average Bonchev–Trinajstić information content (AvgIpc) is 2.26. The molecule has 0 saturated carbocycles. The van der Waals surface area contributed by atoms with E-state index in [0.29, 0.717) is 11.3 Å². The van der Waals surface area contributed by atoms with E-state index in [1.165, 1.54) is 0 Å². The number of pyridine rings is 1. The second kappa shape index (κ2) is 5.32. The molecule has 0 aliphatic carbocycles. The van der Waals surface area contributed by atoms with Crippen molar-refractivity contribution in [2.45, 2.75) is 26.2 Å². The normalized spacial score (nSPS) is 9.79. The third-order valence-corrected chi connectivity index (χ3v) is 2.05. The smallest absolute Gasteiger partial charge is 0.206 e. The van der Waals surface area contributed by atoms with Gasteiger partial charge >= 0.3 is 0 Å². The molecule has 0 saturated heterocycles. The monoisotopic (exact) mass is 189 g/mol. The second-order valence-electron chi connectivity index (χ2n) is 3.25. The molecular formula is C12H15NO.